The quantitative estimate of drug-likeness (QED) is 0.165. The number of fused-ring (bicyclic) bond motifs is 14. The molecule has 0 bridgehead atoms. The van der Waals surface area contributed by atoms with Crippen LogP contribution in [0.2, 0.25) is 0 Å². The first-order valence-corrected chi connectivity index (χ1v) is 17.5. The first kappa shape index (κ1) is 25.3. The van der Waals surface area contributed by atoms with Gasteiger partial charge in [-0.05, 0) is 74.4 Å². The molecule has 220 valence electrons. The Morgan fingerprint density at radius 3 is 2.12 bits per heavy atom. The fourth-order valence-electron chi connectivity index (χ4n) is 9.02. The molecular formula is C44H25BN2S. The van der Waals surface area contributed by atoms with Gasteiger partial charge in [0.25, 0.3) is 0 Å². The van der Waals surface area contributed by atoms with Crippen LogP contribution >= 0.6 is 11.3 Å². The summed E-state index contributed by atoms with van der Waals surface area (Å²) in [6.45, 7) is 0.00756. The van der Waals surface area contributed by atoms with Crippen molar-refractivity contribution in [2.45, 2.75) is 0 Å². The molecule has 8 aromatic carbocycles. The number of thiophene rings is 1. The van der Waals surface area contributed by atoms with Crippen LogP contribution in [-0.4, -0.2) is 11.3 Å². The third-order valence-electron chi connectivity index (χ3n) is 10.9. The Morgan fingerprint density at radius 1 is 0.479 bits per heavy atom. The van der Waals surface area contributed by atoms with E-state index in [0.717, 1.165) is 0 Å². The van der Waals surface area contributed by atoms with Gasteiger partial charge in [0, 0.05) is 58.9 Å². The second-order valence-corrected chi connectivity index (χ2v) is 14.3. The Morgan fingerprint density at radius 2 is 1.21 bits per heavy atom. The van der Waals surface area contributed by atoms with Gasteiger partial charge in [-0.2, -0.15) is 0 Å². The SMILES string of the molecule is c1ccc2cc(N3c4ccc5ccccc5c4B4c5c(cc6sc7ccccc7c6c53)-c3cccc5c6ccccc6n4c35)ccc2c1. The van der Waals surface area contributed by atoms with E-state index in [2.05, 4.69) is 161 Å². The number of anilines is 3. The van der Waals surface area contributed by atoms with Crippen LogP contribution in [0.4, 0.5) is 17.1 Å². The van der Waals surface area contributed by atoms with E-state index in [9.17, 15) is 0 Å². The van der Waals surface area contributed by atoms with Crippen LogP contribution in [-0.2, 0) is 0 Å². The Hall–Kier alpha value is -5.84. The molecule has 4 heterocycles. The van der Waals surface area contributed by atoms with Gasteiger partial charge in [-0.3, -0.25) is 0 Å². The van der Waals surface area contributed by atoms with E-state index in [1.54, 1.807) is 0 Å². The highest BCUT2D eigenvalue weighted by Gasteiger charge is 2.44. The van der Waals surface area contributed by atoms with Gasteiger partial charge in [0.15, 0.2) is 0 Å². The minimum absolute atomic E-state index is 0.00756. The lowest BCUT2D eigenvalue weighted by Crippen LogP contribution is -2.57. The molecule has 0 unspecified atom stereocenters. The van der Waals surface area contributed by atoms with Crippen LogP contribution in [0.1, 0.15) is 0 Å². The van der Waals surface area contributed by atoms with Gasteiger partial charge in [-0.15, -0.1) is 11.3 Å². The van der Waals surface area contributed by atoms with Crippen LogP contribution in [0.3, 0.4) is 0 Å². The van der Waals surface area contributed by atoms with Gasteiger partial charge in [0.05, 0.1) is 5.69 Å². The van der Waals surface area contributed by atoms with Gasteiger partial charge < -0.3 is 9.38 Å². The summed E-state index contributed by atoms with van der Waals surface area (Å²) in [7, 11) is 0. The zero-order valence-corrected chi connectivity index (χ0v) is 26.6. The summed E-state index contributed by atoms with van der Waals surface area (Å²) in [5.41, 5.74) is 11.8. The molecule has 0 atom stereocenters. The molecule has 48 heavy (non-hydrogen) atoms. The number of rotatable bonds is 1. The van der Waals surface area contributed by atoms with Gasteiger partial charge in [0.1, 0.15) is 0 Å². The number of para-hydroxylation sites is 2. The van der Waals surface area contributed by atoms with E-state index in [0.29, 0.717) is 0 Å². The van der Waals surface area contributed by atoms with Crippen molar-refractivity contribution in [3.63, 3.8) is 0 Å². The predicted octanol–water partition coefficient (Wildman–Crippen LogP) is 10.9. The van der Waals surface area contributed by atoms with Crippen molar-refractivity contribution in [2.75, 3.05) is 4.90 Å². The summed E-state index contributed by atoms with van der Waals surface area (Å²) in [6, 6.07) is 56.8. The summed E-state index contributed by atoms with van der Waals surface area (Å²) in [5, 5.41) is 10.4. The lowest BCUT2D eigenvalue weighted by molar-refractivity contribution is 1.27. The summed E-state index contributed by atoms with van der Waals surface area (Å²) < 4.78 is 5.34. The van der Waals surface area contributed by atoms with E-state index in [4.69, 9.17) is 0 Å². The Kier molecular flexibility index (Phi) is 4.71. The van der Waals surface area contributed by atoms with Crippen molar-refractivity contribution in [1.29, 1.82) is 0 Å². The second kappa shape index (κ2) is 8.94. The van der Waals surface area contributed by atoms with Crippen molar-refractivity contribution >= 4 is 110 Å². The van der Waals surface area contributed by atoms with Gasteiger partial charge >= 0.3 is 6.85 Å². The highest BCUT2D eigenvalue weighted by Crippen LogP contribution is 2.51. The zero-order valence-electron chi connectivity index (χ0n) is 25.8. The Balaban J connectivity index is 1.35. The molecule has 12 rings (SSSR count). The lowest BCUT2D eigenvalue weighted by atomic mass is 9.44. The molecule has 0 fully saturated rings. The molecule has 0 radical (unpaired) electrons. The number of aromatic nitrogens is 1. The molecule has 2 nitrogen and oxygen atoms in total. The largest absolute Gasteiger partial charge is 0.375 e. The maximum Gasteiger partial charge on any atom is 0.333 e. The number of benzene rings is 8. The minimum Gasteiger partial charge on any atom is -0.375 e. The molecular weight excluding hydrogens is 599 g/mol. The monoisotopic (exact) mass is 624 g/mol. The summed E-state index contributed by atoms with van der Waals surface area (Å²) in [5.74, 6) is 0. The van der Waals surface area contributed by atoms with E-state index in [1.807, 2.05) is 11.3 Å². The fourth-order valence-corrected chi connectivity index (χ4v) is 10.2. The van der Waals surface area contributed by atoms with Crippen LogP contribution in [0.15, 0.2) is 152 Å². The third-order valence-corrected chi connectivity index (χ3v) is 12.0. The summed E-state index contributed by atoms with van der Waals surface area (Å²) in [6.07, 6.45) is 0. The van der Waals surface area contributed by atoms with Crippen molar-refractivity contribution < 1.29 is 0 Å². The number of nitrogens with zero attached hydrogens (tertiary/aromatic N) is 2. The molecule has 0 amide bonds. The normalized spacial score (nSPS) is 13.3. The molecule has 2 aliphatic heterocycles. The third kappa shape index (κ3) is 3.05. The molecule has 0 spiro atoms. The lowest BCUT2D eigenvalue weighted by Gasteiger charge is -2.41. The summed E-state index contributed by atoms with van der Waals surface area (Å²) >= 11 is 1.92. The Bertz CT molecular complexity index is 3040. The van der Waals surface area contributed by atoms with Gasteiger partial charge in [0.2, 0.25) is 0 Å². The molecule has 2 aliphatic rings. The number of hydrogen-bond acceptors (Lipinski definition) is 2. The van der Waals surface area contributed by atoms with Crippen LogP contribution in [0.5, 0.6) is 0 Å². The zero-order chi connectivity index (χ0) is 31.1. The highest BCUT2D eigenvalue weighted by atomic mass is 32.1. The van der Waals surface area contributed by atoms with Crippen molar-refractivity contribution in [3.8, 4) is 11.1 Å². The smallest absolute Gasteiger partial charge is 0.333 e. The molecule has 0 aliphatic carbocycles. The standard InChI is InChI=1S/C44H25BN2S/c1-2-12-28-24-29(22-20-26(28)10-1)46-37-23-21-27-11-3-4-13-30(27)41(37)45-42-35(25-39-40(44(42)46)34-15-6-8-19-38(34)48-39)33-17-9-16-32-31-14-5-7-18-36(31)47(45)43(32)33/h1-25H. The highest BCUT2D eigenvalue weighted by molar-refractivity contribution is 7.26. The first-order valence-electron chi connectivity index (χ1n) is 16.6. The molecule has 0 saturated carbocycles. The minimum atomic E-state index is 0.00756. The van der Waals surface area contributed by atoms with Crippen LogP contribution < -0.4 is 15.8 Å². The van der Waals surface area contributed by atoms with E-state index in [1.165, 1.54) is 103 Å². The second-order valence-electron chi connectivity index (χ2n) is 13.2. The van der Waals surface area contributed by atoms with Crippen LogP contribution in [0, 0.1) is 0 Å². The van der Waals surface area contributed by atoms with Gasteiger partial charge in [-0.25, -0.2) is 0 Å². The van der Waals surface area contributed by atoms with Gasteiger partial charge in [-0.1, -0.05) is 115 Å². The van der Waals surface area contributed by atoms with Crippen LogP contribution in [0.25, 0.3) is 74.6 Å². The fraction of sp³-hybridized carbons (Fsp3) is 0. The maximum atomic E-state index is 2.68. The van der Waals surface area contributed by atoms with Crippen molar-refractivity contribution in [1.82, 2.24) is 4.48 Å². The van der Waals surface area contributed by atoms with Crippen molar-refractivity contribution in [2.24, 2.45) is 0 Å². The molecule has 10 aromatic rings. The van der Waals surface area contributed by atoms with Crippen molar-refractivity contribution in [3.05, 3.63) is 152 Å². The maximum absolute atomic E-state index is 2.68. The average Bonchev–Trinajstić information content (AvgIpc) is 3.69. The molecule has 4 heteroatoms. The van der Waals surface area contributed by atoms with E-state index in [-0.39, 0.29) is 6.85 Å². The summed E-state index contributed by atoms with van der Waals surface area (Å²) in [4.78, 5) is 2.60. The topological polar surface area (TPSA) is 8.17 Å². The van der Waals surface area contributed by atoms with E-state index >= 15 is 0 Å². The molecule has 0 saturated heterocycles. The Labute approximate surface area is 280 Å². The predicted molar refractivity (Wildman–Crippen MR) is 208 cm³/mol. The first-order chi connectivity index (χ1) is 23.8. The van der Waals surface area contributed by atoms with E-state index < -0.39 is 0 Å². The average molecular weight is 625 g/mol. The molecule has 2 aromatic heterocycles. The number of hydrogen-bond donors (Lipinski definition) is 0. The molecule has 0 N–H and O–H groups in total.